The first-order valence-corrected chi connectivity index (χ1v) is 6.73. The maximum Gasteiger partial charge on any atom is 0.431 e. The summed E-state index contributed by atoms with van der Waals surface area (Å²) in [6.07, 6.45) is -4.62. The largest absolute Gasteiger partial charge is 0.431 e. The van der Waals surface area contributed by atoms with Gasteiger partial charge in [-0.15, -0.1) is 0 Å². The summed E-state index contributed by atoms with van der Waals surface area (Å²) in [6.45, 7) is 0. The first-order valence-electron chi connectivity index (χ1n) is 6.36. The van der Waals surface area contributed by atoms with Gasteiger partial charge < -0.3 is 0 Å². The molecule has 0 radical (unpaired) electrons. The van der Waals surface area contributed by atoms with Crippen molar-refractivity contribution in [2.75, 3.05) is 0 Å². The van der Waals surface area contributed by atoms with Crippen LogP contribution in [0.5, 0.6) is 0 Å². The molecule has 0 saturated heterocycles. The molecule has 0 fully saturated rings. The lowest BCUT2D eigenvalue weighted by atomic mass is 10.2. The maximum absolute atomic E-state index is 13.2. The second kappa shape index (κ2) is 5.18. The zero-order chi connectivity index (χ0) is 15.9. The third-order valence-electron chi connectivity index (χ3n) is 3.30. The van der Waals surface area contributed by atoms with E-state index in [0.29, 0.717) is 15.0 Å². The Kier molecular flexibility index (Phi) is 3.45. The highest BCUT2D eigenvalue weighted by Crippen LogP contribution is 2.34. The smallest absolute Gasteiger partial charge is 0.271 e. The zero-order valence-corrected chi connectivity index (χ0v) is 11.8. The van der Waals surface area contributed by atoms with Gasteiger partial charge in [-0.1, -0.05) is 29.8 Å². The Bertz CT molecular complexity index is 850. The summed E-state index contributed by atoms with van der Waals surface area (Å²) in [5, 5.41) is 0.766. The van der Waals surface area contributed by atoms with Crippen molar-refractivity contribution in [3.8, 4) is 0 Å². The zero-order valence-electron chi connectivity index (χ0n) is 11.1. The Morgan fingerprint density at radius 2 is 1.64 bits per heavy atom. The molecule has 0 spiro atoms. The number of alkyl halides is 3. The van der Waals surface area contributed by atoms with E-state index >= 15 is 0 Å². The van der Waals surface area contributed by atoms with Gasteiger partial charge in [0.25, 0.3) is 5.91 Å². The predicted octanol–water partition coefficient (Wildman–Crippen LogP) is 5.00. The molecule has 3 aromatic rings. The van der Waals surface area contributed by atoms with Crippen molar-refractivity contribution in [2.24, 2.45) is 0 Å². The van der Waals surface area contributed by atoms with Crippen LogP contribution < -0.4 is 0 Å². The molecule has 112 valence electrons. The van der Waals surface area contributed by atoms with E-state index in [1.165, 1.54) is 36.4 Å². The lowest BCUT2D eigenvalue weighted by Gasteiger charge is -2.12. The van der Waals surface area contributed by atoms with Gasteiger partial charge in [-0.25, -0.2) is 0 Å². The number of carbonyl (C=O) groups excluding carboxylic acids is 1. The summed E-state index contributed by atoms with van der Waals surface area (Å²) >= 11 is 5.74. The molecular formula is C16H9ClF3NO. The quantitative estimate of drug-likeness (QED) is 0.617. The number of halogens is 4. The van der Waals surface area contributed by atoms with Crippen molar-refractivity contribution < 1.29 is 18.0 Å². The lowest BCUT2D eigenvalue weighted by Crippen LogP contribution is -2.20. The van der Waals surface area contributed by atoms with E-state index in [9.17, 15) is 18.0 Å². The standard InChI is InChI=1S/C16H9ClF3NO/c17-12-7-5-10(6-8-12)15(22)21-13-4-2-1-3-11(13)9-14(21)16(18,19)20/h1-9H. The fourth-order valence-corrected chi connectivity index (χ4v) is 2.43. The van der Waals surface area contributed by atoms with Gasteiger partial charge in [0, 0.05) is 16.0 Å². The average molecular weight is 324 g/mol. The SMILES string of the molecule is O=C(c1ccc(Cl)cc1)n1c(C(F)(F)F)cc2ccccc21. The number of para-hydroxylation sites is 1. The molecule has 0 N–H and O–H groups in total. The summed E-state index contributed by atoms with van der Waals surface area (Å²) in [7, 11) is 0. The second-order valence-corrected chi connectivity index (χ2v) is 5.17. The van der Waals surface area contributed by atoms with Crippen LogP contribution in [-0.2, 0) is 6.18 Å². The normalized spacial score (nSPS) is 11.8. The van der Waals surface area contributed by atoms with Crippen LogP contribution in [0.15, 0.2) is 54.6 Å². The van der Waals surface area contributed by atoms with Crippen molar-refractivity contribution in [3.05, 3.63) is 70.9 Å². The number of rotatable bonds is 1. The average Bonchev–Trinajstić information content (AvgIpc) is 2.87. The van der Waals surface area contributed by atoms with Crippen LogP contribution in [0.2, 0.25) is 5.02 Å². The molecule has 0 bridgehead atoms. The molecule has 0 saturated carbocycles. The van der Waals surface area contributed by atoms with Crippen LogP contribution in [0.3, 0.4) is 0 Å². The highest BCUT2D eigenvalue weighted by molar-refractivity contribution is 6.30. The Balaban J connectivity index is 2.24. The van der Waals surface area contributed by atoms with Crippen LogP contribution in [0.25, 0.3) is 10.9 Å². The molecule has 0 amide bonds. The van der Waals surface area contributed by atoms with Crippen molar-refractivity contribution >= 4 is 28.4 Å². The molecule has 1 heterocycles. The highest BCUT2D eigenvalue weighted by atomic mass is 35.5. The minimum atomic E-state index is -4.62. The first-order chi connectivity index (χ1) is 10.4. The third-order valence-corrected chi connectivity index (χ3v) is 3.55. The molecule has 0 aliphatic carbocycles. The number of carbonyl (C=O) groups is 1. The van der Waals surface area contributed by atoms with E-state index in [0.717, 1.165) is 6.07 Å². The summed E-state index contributed by atoms with van der Waals surface area (Å²) < 4.78 is 40.4. The van der Waals surface area contributed by atoms with Gasteiger partial charge in [0.05, 0.1) is 5.52 Å². The number of benzene rings is 2. The van der Waals surface area contributed by atoms with E-state index in [2.05, 4.69) is 0 Å². The minimum absolute atomic E-state index is 0.135. The molecule has 0 atom stereocenters. The summed E-state index contributed by atoms with van der Waals surface area (Å²) in [6, 6.07) is 13.0. The van der Waals surface area contributed by atoms with Crippen LogP contribution in [0.1, 0.15) is 16.1 Å². The second-order valence-electron chi connectivity index (χ2n) is 4.73. The maximum atomic E-state index is 13.2. The van der Waals surface area contributed by atoms with Crippen molar-refractivity contribution in [1.29, 1.82) is 0 Å². The van der Waals surface area contributed by atoms with Crippen LogP contribution in [0.4, 0.5) is 13.2 Å². The van der Waals surface area contributed by atoms with Crippen LogP contribution in [0, 0.1) is 0 Å². The van der Waals surface area contributed by atoms with Gasteiger partial charge in [-0.05, 0) is 36.4 Å². The molecule has 0 aliphatic heterocycles. The van der Waals surface area contributed by atoms with Gasteiger partial charge in [0.15, 0.2) is 0 Å². The molecule has 2 aromatic carbocycles. The fraction of sp³-hybridized carbons (Fsp3) is 0.0625. The molecule has 0 unspecified atom stereocenters. The minimum Gasteiger partial charge on any atom is -0.271 e. The van der Waals surface area contributed by atoms with E-state index < -0.39 is 17.8 Å². The van der Waals surface area contributed by atoms with Crippen LogP contribution >= 0.6 is 11.6 Å². The van der Waals surface area contributed by atoms with Gasteiger partial charge in [-0.2, -0.15) is 13.2 Å². The van der Waals surface area contributed by atoms with Crippen molar-refractivity contribution in [1.82, 2.24) is 4.57 Å². The summed E-state index contributed by atoms with van der Waals surface area (Å²) in [5.74, 6) is -0.745. The molecular weight excluding hydrogens is 315 g/mol. The number of fused-ring (bicyclic) bond motifs is 1. The molecule has 2 nitrogen and oxygen atoms in total. The molecule has 0 aliphatic rings. The number of nitrogens with zero attached hydrogens (tertiary/aromatic N) is 1. The van der Waals surface area contributed by atoms with E-state index in [-0.39, 0.29) is 11.1 Å². The monoisotopic (exact) mass is 323 g/mol. The Morgan fingerprint density at radius 1 is 1.00 bits per heavy atom. The molecule has 6 heteroatoms. The van der Waals surface area contributed by atoms with Gasteiger partial charge >= 0.3 is 6.18 Å². The summed E-state index contributed by atoms with van der Waals surface area (Å²) in [4.78, 5) is 12.5. The molecule has 22 heavy (non-hydrogen) atoms. The number of hydrogen-bond donors (Lipinski definition) is 0. The third kappa shape index (κ3) is 2.48. The molecule has 3 rings (SSSR count). The van der Waals surface area contributed by atoms with E-state index in [1.54, 1.807) is 12.1 Å². The van der Waals surface area contributed by atoms with Gasteiger partial charge in [0.1, 0.15) is 5.69 Å². The Hall–Kier alpha value is -2.27. The topological polar surface area (TPSA) is 22.0 Å². The number of aromatic nitrogens is 1. The molecule has 1 aromatic heterocycles. The Labute approximate surface area is 128 Å². The first kappa shape index (κ1) is 14.7. The van der Waals surface area contributed by atoms with E-state index in [1.807, 2.05) is 0 Å². The van der Waals surface area contributed by atoms with Crippen molar-refractivity contribution in [3.63, 3.8) is 0 Å². The predicted molar refractivity (Wildman–Crippen MR) is 78.1 cm³/mol. The fourth-order valence-electron chi connectivity index (χ4n) is 2.30. The van der Waals surface area contributed by atoms with Gasteiger partial charge in [-0.3, -0.25) is 9.36 Å². The van der Waals surface area contributed by atoms with E-state index in [4.69, 9.17) is 11.6 Å². The highest BCUT2D eigenvalue weighted by Gasteiger charge is 2.37. The lowest BCUT2D eigenvalue weighted by molar-refractivity contribution is -0.142. The van der Waals surface area contributed by atoms with Crippen LogP contribution in [-0.4, -0.2) is 10.5 Å². The summed E-state index contributed by atoms with van der Waals surface area (Å²) in [5.41, 5.74) is -0.639. The Morgan fingerprint density at radius 3 is 2.27 bits per heavy atom. The van der Waals surface area contributed by atoms with Crippen molar-refractivity contribution in [2.45, 2.75) is 6.18 Å². The number of hydrogen-bond acceptors (Lipinski definition) is 1. The van der Waals surface area contributed by atoms with Gasteiger partial charge in [0.2, 0.25) is 0 Å².